The summed E-state index contributed by atoms with van der Waals surface area (Å²) >= 11 is 0. The Hall–Kier alpha value is -1.65. The smallest absolute Gasteiger partial charge is 0.341 e. The lowest BCUT2D eigenvalue weighted by molar-refractivity contribution is 0.0524. The molecular weight excluding hydrogens is 218 g/mol. The number of hydrogen-bond acceptors (Lipinski definition) is 5. The topological polar surface area (TPSA) is 55.3 Å². The molecule has 0 aliphatic carbocycles. The third-order valence-corrected chi connectivity index (χ3v) is 2.51. The number of nitrogens with zero attached hydrogens (tertiary/aromatic N) is 3. The average molecular weight is 237 g/mol. The Morgan fingerprint density at radius 3 is 2.47 bits per heavy atom. The van der Waals surface area contributed by atoms with Crippen LogP contribution in [0.2, 0.25) is 0 Å². The molecule has 17 heavy (non-hydrogen) atoms. The normalized spacial score (nSPS) is 10.1. The molecule has 5 heteroatoms. The minimum atomic E-state index is -0.365. The van der Waals surface area contributed by atoms with Crippen molar-refractivity contribution in [2.45, 2.75) is 27.7 Å². The molecule has 1 aromatic heterocycles. The Balaban J connectivity index is 2.97. The van der Waals surface area contributed by atoms with E-state index in [9.17, 15) is 4.79 Å². The van der Waals surface area contributed by atoms with Crippen LogP contribution in [0.25, 0.3) is 0 Å². The Bertz CT molecular complexity index is 389. The van der Waals surface area contributed by atoms with Crippen molar-refractivity contribution >= 4 is 11.9 Å². The standard InChI is InChI=1S/C12H19N3O2/c1-5-15(6-2)12-13-8-10(9(4)14-12)11(16)17-7-3/h8H,5-7H2,1-4H3. The van der Waals surface area contributed by atoms with E-state index in [1.807, 2.05) is 18.7 Å². The number of aryl methyl sites for hydroxylation is 1. The second kappa shape index (κ2) is 6.18. The Labute approximate surface area is 102 Å². The minimum absolute atomic E-state index is 0.357. The first kappa shape index (κ1) is 13.4. The lowest BCUT2D eigenvalue weighted by atomic mass is 10.2. The van der Waals surface area contributed by atoms with E-state index in [1.165, 1.54) is 6.20 Å². The molecule has 0 N–H and O–H groups in total. The molecule has 5 nitrogen and oxygen atoms in total. The van der Waals surface area contributed by atoms with Crippen LogP contribution in [0.4, 0.5) is 5.95 Å². The summed E-state index contributed by atoms with van der Waals surface area (Å²) in [6, 6.07) is 0. The van der Waals surface area contributed by atoms with Gasteiger partial charge in [0.1, 0.15) is 0 Å². The van der Waals surface area contributed by atoms with E-state index in [1.54, 1.807) is 13.8 Å². The molecular formula is C12H19N3O2. The number of rotatable bonds is 5. The molecule has 1 heterocycles. The van der Waals surface area contributed by atoms with Crippen LogP contribution >= 0.6 is 0 Å². The van der Waals surface area contributed by atoms with Crippen LogP contribution in [0.1, 0.15) is 36.8 Å². The Morgan fingerprint density at radius 1 is 1.35 bits per heavy atom. The van der Waals surface area contributed by atoms with Crippen molar-refractivity contribution in [3.63, 3.8) is 0 Å². The minimum Gasteiger partial charge on any atom is -0.462 e. The quantitative estimate of drug-likeness (QED) is 0.731. The molecule has 0 fully saturated rings. The zero-order chi connectivity index (χ0) is 12.8. The predicted octanol–water partition coefficient (Wildman–Crippen LogP) is 1.81. The van der Waals surface area contributed by atoms with Gasteiger partial charge in [0.2, 0.25) is 5.95 Å². The lowest BCUT2D eigenvalue weighted by Gasteiger charge is -2.18. The van der Waals surface area contributed by atoms with E-state index in [4.69, 9.17) is 4.74 Å². The van der Waals surface area contributed by atoms with Crippen molar-refractivity contribution in [1.29, 1.82) is 0 Å². The molecule has 0 amide bonds. The molecule has 1 rings (SSSR count). The second-order valence-corrected chi connectivity index (χ2v) is 3.56. The summed E-state index contributed by atoms with van der Waals surface area (Å²) in [6.07, 6.45) is 1.54. The van der Waals surface area contributed by atoms with Crippen LogP contribution in [-0.2, 0) is 4.74 Å². The molecule has 94 valence electrons. The number of anilines is 1. The number of carbonyl (C=O) groups is 1. The van der Waals surface area contributed by atoms with Crippen molar-refractivity contribution in [3.05, 3.63) is 17.5 Å². The van der Waals surface area contributed by atoms with Crippen LogP contribution in [0, 0.1) is 6.92 Å². The number of aromatic nitrogens is 2. The number of carbonyl (C=O) groups excluding carboxylic acids is 1. The highest BCUT2D eigenvalue weighted by Gasteiger charge is 2.14. The SMILES string of the molecule is CCOC(=O)c1cnc(N(CC)CC)nc1C. The van der Waals surface area contributed by atoms with Crippen LogP contribution in [0.15, 0.2) is 6.20 Å². The summed E-state index contributed by atoms with van der Waals surface area (Å²) in [7, 11) is 0. The molecule has 0 atom stereocenters. The van der Waals surface area contributed by atoms with Gasteiger partial charge in [0.25, 0.3) is 0 Å². The highest BCUT2D eigenvalue weighted by Crippen LogP contribution is 2.11. The van der Waals surface area contributed by atoms with E-state index < -0.39 is 0 Å². The van der Waals surface area contributed by atoms with Gasteiger partial charge in [-0.05, 0) is 27.7 Å². The van der Waals surface area contributed by atoms with Crippen LogP contribution in [0.5, 0.6) is 0 Å². The van der Waals surface area contributed by atoms with Gasteiger partial charge >= 0.3 is 5.97 Å². The van der Waals surface area contributed by atoms with Gasteiger partial charge in [-0.2, -0.15) is 0 Å². The van der Waals surface area contributed by atoms with Gasteiger partial charge in [-0.15, -0.1) is 0 Å². The largest absolute Gasteiger partial charge is 0.462 e. The third kappa shape index (κ3) is 3.15. The molecule has 0 spiro atoms. The molecule has 0 unspecified atom stereocenters. The molecule has 0 radical (unpaired) electrons. The third-order valence-electron chi connectivity index (χ3n) is 2.51. The predicted molar refractivity (Wildman–Crippen MR) is 66.3 cm³/mol. The highest BCUT2D eigenvalue weighted by molar-refractivity contribution is 5.90. The van der Waals surface area contributed by atoms with Gasteiger partial charge in [0.05, 0.1) is 17.9 Å². The van der Waals surface area contributed by atoms with Gasteiger partial charge < -0.3 is 9.64 Å². The summed E-state index contributed by atoms with van der Waals surface area (Å²) in [5, 5.41) is 0. The number of ether oxygens (including phenoxy) is 1. The Morgan fingerprint density at radius 2 is 2.00 bits per heavy atom. The first-order chi connectivity index (χ1) is 8.13. The molecule has 0 saturated heterocycles. The molecule has 0 aliphatic rings. The summed E-state index contributed by atoms with van der Waals surface area (Å²) in [4.78, 5) is 22.1. The summed E-state index contributed by atoms with van der Waals surface area (Å²) in [5.74, 6) is 0.289. The van der Waals surface area contributed by atoms with Gasteiger partial charge in [0.15, 0.2) is 0 Å². The van der Waals surface area contributed by atoms with Crippen molar-refractivity contribution in [2.75, 3.05) is 24.6 Å². The van der Waals surface area contributed by atoms with Gasteiger partial charge in [-0.3, -0.25) is 0 Å². The van der Waals surface area contributed by atoms with E-state index in [-0.39, 0.29) is 5.97 Å². The number of hydrogen-bond donors (Lipinski definition) is 0. The van der Waals surface area contributed by atoms with Gasteiger partial charge in [-0.1, -0.05) is 0 Å². The van der Waals surface area contributed by atoms with E-state index in [0.29, 0.717) is 23.8 Å². The molecule has 0 aromatic carbocycles. The van der Waals surface area contributed by atoms with Crippen molar-refractivity contribution in [1.82, 2.24) is 9.97 Å². The number of esters is 1. The summed E-state index contributed by atoms with van der Waals surface area (Å²) < 4.78 is 4.93. The average Bonchev–Trinajstić information content (AvgIpc) is 2.31. The zero-order valence-corrected chi connectivity index (χ0v) is 10.9. The maximum absolute atomic E-state index is 11.6. The molecule has 1 aromatic rings. The molecule has 0 aliphatic heterocycles. The monoisotopic (exact) mass is 237 g/mol. The summed E-state index contributed by atoms with van der Waals surface area (Å²) in [5.41, 5.74) is 1.09. The maximum Gasteiger partial charge on any atom is 0.341 e. The second-order valence-electron chi connectivity index (χ2n) is 3.56. The molecule has 0 bridgehead atoms. The first-order valence-corrected chi connectivity index (χ1v) is 5.89. The maximum atomic E-state index is 11.6. The molecule has 0 saturated carbocycles. The fourth-order valence-corrected chi connectivity index (χ4v) is 1.52. The highest BCUT2D eigenvalue weighted by atomic mass is 16.5. The van der Waals surface area contributed by atoms with Crippen LogP contribution in [0.3, 0.4) is 0 Å². The zero-order valence-electron chi connectivity index (χ0n) is 10.9. The fraction of sp³-hybridized carbons (Fsp3) is 0.583. The fourth-order valence-electron chi connectivity index (χ4n) is 1.52. The van der Waals surface area contributed by atoms with Gasteiger partial charge in [0, 0.05) is 19.3 Å². The van der Waals surface area contributed by atoms with Crippen LogP contribution in [-0.4, -0.2) is 35.6 Å². The van der Waals surface area contributed by atoms with E-state index in [0.717, 1.165) is 13.1 Å². The van der Waals surface area contributed by atoms with Crippen LogP contribution < -0.4 is 4.90 Å². The lowest BCUT2D eigenvalue weighted by Crippen LogP contribution is -2.25. The van der Waals surface area contributed by atoms with E-state index >= 15 is 0 Å². The van der Waals surface area contributed by atoms with E-state index in [2.05, 4.69) is 9.97 Å². The first-order valence-electron chi connectivity index (χ1n) is 5.89. The van der Waals surface area contributed by atoms with Crippen molar-refractivity contribution in [3.8, 4) is 0 Å². The van der Waals surface area contributed by atoms with Crippen molar-refractivity contribution < 1.29 is 9.53 Å². The van der Waals surface area contributed by atoms with Gasteiger partial charge in [-0.25, -0.2) is 14.8 Å². The van der Waals surface area contributed by atoms with Crippen molar-refractivity contribution in [2.24, 2.45) is 0 Å². The summed E-state index contributed by atoms with van der Waals surface area (Å²) in [6.45, 7) is 9.70. The Kier molecular flexibility index (Phi) is 4.87.